The number of fused-ring (bicyclic) bond motifs is 1. The van der Waals surface area contributed by atoms with E-state index in [2.05, 4.69) is 0 Å². The molecule has 104 valence electrons. The number of rotatable bonds is 3. The number of hydrogen-bond acceptors (Lipinski definition) is 3. The summed E-state index contributed by atoms with van der Waals surface area (Å²) in [6, 6.07) is 2.80. The van der Waals surface area contributed by atoms with Crippen LogP contribution in [0.1, 0.15) is 24.0 Å². The average molecular weight is 291 g/mol. The summed E-state index contributed by atoms with van der Waals surface area (Å²) < 4.78 is 61.4. The van der Waals surface area contributed by atoms with Gasteiger partial charge in [0.1, 0.15) is 0 Å². The van der Waals surface area contributed by atoms with Crippen LogP contribution in [0.3, 0.4) is 0 Å². The van der Waals surface area contributed by atoms with Gasteiger partial charge < -0.3 is 5.73 Å². The normalized spacial score (nSPS) is 17.2. The van der Waals surface area contributed by atoms with Crippen molar-refractivity contribution < 1.29 is 21.6 Å². The lowest BCUT2D eigenvalue weighted by Gasteiger charge is -2.09. The van der Waals surface area contributed by atoms with Crippen LogP contribution in [0.2, 0.25) is 0 Å². The van der Waals surface area contributed by atoms with Crippen molar-refractivity contribution in [1.29, 1.82) is 0 Å². The van der Waals surface area contributed by atoms with E-state index in [0.29, 0.717) is 36.6 Å². The fourth-order valence-corrected chi connectivity index (χ4v) is 3.54. The Bertz CT molecular complexity index is 633. The van der Waals surface area contributed by atoms with Gasteiger partial charge in [-0.15, -0.1) is 0 Å². The van der Waals surface area contributed by atoms with Crippen molar-refractivity contribution in [1.82, 2.24) is 0 Å². The molecule has 0 bridgehead atoms. The maximum absolute atomic E-state index is 12.6. The third-order valence-electron chi connectivity index (χ3n) is 2.91. The van der Waals surface area contributed by atoms with E-state index < -0.39 is 21.6 Å². The molecule has 0 spiro atoms. The topological polar surface area (TPSA) is 60.2 Å². The highest BCUT2D eigenvalue weighted by atomic mass is 32.2. The Morgan fingerprint density at radius 1 is 1.21 bits per heavy atom. The lowest BCUT2D eigenvalue weighted by atomic mass is 10.0. The molecule has 0 amide bonds. The van der Waals surface area contributed by atoms with E-state index in [0.717, 1.165) is 11.5 Å². The molecule has 0 aliphatic carbocycles. The summed E-state index contributed by atoms with van der Waals surface area (Å²) in [6.07, 6.45) is -3.53. The minimum absolute atomic E-state index is 0.269. The van der Waals surface area contributed by atoms with Crippen LogP contribution in [-0.2, 0) is 16.0 Å². The molecule has 0 saturated heterocycles. The Morgan fingerprint density at radius 3 is 2.47 bits per heavy atom. The van der Waals surface area contributed by atoms with Crippen molar-refractivity contribution >= 4 is 15.4 Å². The van der Waals surface area contributed by atoms with Gasteiger partial charge in [-0.25, -0.2) is 8.42 Å². The molecule has 1 heterocycles. The van der Waals surface area contributed by atoms with Gasteiger partial charge >= 0.3 is 6.18 Å². The summed E-state index contributed by atoms with van der Waals surface area (Å²) in [5, 5.41) is 1.04. The van der Waals surface area contributed by atoms with Crippen LogP contribution < -0.4 is 5.73 Å². The largest absolute Gasteiger partial charge is 0.416 e. The van der Waals surface area contributed by atoms with E-state index >= 15 is 0 Å². The van der Waals surface area contributed by atoms with Crippen molar-refractivity contribution in [3.05, 3.63) is 34.7 Å². The third kappa shape index (κ3) is 2.66. The minimum atomic E-state index is -4.55. The fourth-order valence-electron chi connectivity index (χ4n) is 2.00. The van der Waals surface area contributed by atoms with Gasteiger partial charge in [0.25, 0.3) is 0 Å². The van der Waals surface area contributed by atoms with Crippen LogP contribution in [-0.4, -0.2) is 15.0 Å². The number of nitrogens with two attached hydrogens (primary N) is 1. The molecule has 1 aromatic carbocycles. The summed E-state index contributed by atoms with van der Waals surface area (Å²) in [7, 11) is -3.77. The first kappa shape index (κ1) is 14.1. The molecule has 1 aliphatic rings. The van der Waals surface area contributed by atoms with Crippen molar-refractivity contribution in [2.24, 2.45) is 5.73 Å². The summed E-state index contributed by atoms with van der Waals surface area (Å²) in [4.78, 5) is -0.269. The molecule has 7 heteroatoms. The maximum atomic E-state index is 12.6. The van der Waals surface area contributed by atoms with E-state index in [-0.39, 0.29) is 4.90 Å². The SMILES string of the molecule is NCCCC1=CS(=O)(=O)c2cc(C(F)(F)F)ccc21. The van der Waals surface area contributed by atoms with E-state index in [1.807, 2.05) is 0 Å². The third-order valence-corrected chi connectivity index (χ3v) is 4.45. The maximum Gasteiger partial charge on any atom is 0.416 e. The number of benzene rings is 1. The summed E-state index contributed by atoms with van der Waals surface area (Å²) in [5.41, 5.74) is 5.27. The highest BCUT2D eigenvalue weighted by Gasteiger charge is 2.34. The molecular weight excluding hydrogens is 279 g/mol. The zero-order valence-electron chi connectivity index (χ0n) is 9.87. The first-order valence-electron chi connectivity index (χ1n) is 5.63. The van der Waals surface area contributed by atoms with Crippen LogP contribution in [0, 0.1) is 0 Å². The van der Waals surface area contributed by atoms with Gasteiger partial charge in [-0.2, -0.15) is 13.2 Å². The molecule has 0 aromatic heterocycles. The monoisotopic (exact) mass is 291 g/mol. The average Bonchev–Trinajstić information content (AvgIpc) is 2.57. The van der Waals surface area contributed by atoms with E-state index in [9.17, 15) is 21.6 Å². The first-order chi connectivity index (χ1) is 8.75. The molecule has 0 unspecified atom stereocenters. The Labute approximate surface area is 108 Å². The van der Waals surface area contributed by atoms with Crippen molar-refractivity contribution in [2.75, 3.05) is 6.54 Å². The van der Waals surface area contributed by atoms with Crippen molar-refractivity contribution in [3.8, 4) is 0 Å². The summed E-state index contributed by atoms with van der Waals surface area (Å²) in [5.74, 6) is 0. The van der Waals surface area contributed by atoms with E-state index in [4.69, 9.17) is 5.73 Å². The Hall–Kier alpha value is -1.34. The highest BCUT2D eigenvalue weighted by Crippen LogP contribution is 2.39. The van der Waals surface area contributed by atoms with Gasteiger partial charge in [0, 0.05) is 5.41 Å². The van der Waals surface area contributed by atoms with Crippen LogP contribution in [0.25, 0.3) is 5.57 Å². The molecule has 0 atom stereocenters. The van der Waals surface area contributed by atoms with Gasteiger partial charge in [0.05, 0.1) is 10.5 Å². The fraction of sp³-hybridized carbons (Fsp3) is 0.333. The second kappa shape index (κ2) is 4.64. The number of allylic oxidation sites excluding steroid dienone is 1. The quantitative estimate of drug-likeness (QED) is 0.931. The van der Waals surface area contributed by atoms with Crippen LogP contribution in [0.4, 0.5) is 13.2 Å². The molecule has 0 radical (unpaired) electrons. The summed E-state index contributed by atoms with van der Waals surface area (Å²) in [6.45, 7) is 0.396. The molecule has 0 fully saturated rings. The molecule has 1 aromatic rings. The van der Waals surface area contributed by atoms with Crippen molar-refractivity contribution in [3.63, 3.8) is 0 Å². The number of hydrogen-bond donors (Lipinski definition) is 1. The molecule has 0 saturated carbocycles. The number of sulfone groups is 1. The smallest absolute Gasteiger partial charge is 0.330 e. The highest BCUT2D eigenvalue weighted by molar-refractivity contribution is 7.95. The van der Waals surface area contributed by atoms with Gasteiger partial charge in [-0.1, -0.05) is 6.07 Å². The standard InChI is InChI=1S/C12H12F3NO2S/c13-12(14,15)9-3-4-10-8(2-1-5-16)7-19(17,18)11(10)6-9/h3-4,6-7H,1-2,5,16H2. The van der Waals surface area contributed by atoms with E-state index in [1.54, 1.807) is 0 Å². The predicted molar refractivity (Wildman–Crippen MR) is 64.9 cm³/mol. The summed E-state index contributed by atoms with van der Waals surface area (Å²) >= 11 is 0. The Morgan fingerprint density at radius 2 is 1.89 bits per heavy atom. The zero-order chi connectivity index (χ0) is 14.3. The lowest BCUT2D eigenvalue weighted by Crippen LogP contribution is -2.06. The minimum Gasteiger partial charge on any atom is -0.330 e. The lowest BCUT2D eigenvalue weighted by molar-refractivity contribution is -0.137. The second-order valence-corrected chi connectivity index (χ2v) is 6.05. The van der Waals surface area contributed by atoms with E-state index in [1.165, 1.54) is 6.07 Å². The number of halogens is 3. The molecule has 1 aliphatic heterocycles. The number of alkyl halides is 3. The molecule has 19 heavy (non-hydrogen) atoms. The van der Waals surface area contributed by atoms with Gasteiger partial charge in [-0.3, -0.25) is 0 Å². The first-order valence-corrected chi connectivity index (χ1v) is 7.17. The van der Waals surface area contributed by atoms with Crippen LogP contribution >= 0.6 is 0 Å². The molecular formula is C12H12F3NO2S. The molecule has 2 rings (SSSR count). The van der Waals surface area contributed by atoms with Gasteiger partial charge in [-0.05, 0) is 42.7 Å². The Balaban J connectivity index is 2.49. The Kier molecular flexibility index (Phi) is 3.44. The van der Waals surface area contributed by atoms with Crippen LogP contribution in [0.5, 0.6) is 0 Å². The molecule has 2 N–H and O–H groups in total. The van der Waals surface area contributed by atoms with Gasteiger partial charge in [0.2, 0.25) is 9.84 Å². The predicted octanol–water partition coefficient (Wildman–Crippen LogP) is 2.57. The van der Waals surface area contributed by atoms with Crippen LogP contribution in [0.15, 0.2) is 28.5 Å². The zero-order valence-corrected chi connectivity index (χ0v) is 10.7. The molecule has 3 nitrogen and oxygen atoms in total. The van der Waals surface area contributed by atoms with Crippen molar-refractivity contribution in [2.45, 2.75) is 23.9 Å². The van der Waals surface area contributed by atoms with Gasteiger partial charge in [0.15, 0.2) is 0 Å². The second-order valence-electron chi connectivity index (χ2n) is 4.29.